The van der Waals surface area contributed by atoms with Crippen molar-refractivity contribution >= 4 is 28.3 Å². The number of nitrogens with zero attached hydrogens (tertiary/aromatic N) is 1. The molecule has 0 amide bonds. The van der Waals surface area contributed by atoms with Gasteiger partial charge in [-0.15, -0.1) is 0 Å². The van der Waals surface area contributed by atoms with E-state index in [1.165, 1.54) is 6.07 Å². The number of hydrazine groups is 1. The lowest BCUT2D eigenvalue weighted by Crippen LogP contribution is -2.08. The molecule has 0 aliphatic heterocycles. The van der Waals surface area contributed by atoms with Gasteiger partial charge in [0.05, 0.1) is 5.52 Å². The molecule has 0 aliphatic rings. The summed E-state index contributed by atoms with van der Waals surface area (Å²) in [7, 11) is 0. The Labute approximate surface area is 120 Å². The number of nitrogen functional groups attached to an aromatic ring is 1. The lowest BCUT2D eigenvalue weighted by Gasteiger charge is -2.10. The van der Waals surface area contributed by atoms with Gasteiger partial charge < -0.3 is 5.43 Å². The van der Waals surface area contributed by atoms with Crippen molar-refractivity contribution in [2.45, 2.75) is 0 Å². The van der Waals surface area contributed by atoms with E-state index >= 15 is 0 Å². The number of pyridine rings is 1. The van der Waals surface area contributed by atoms with E-state index in [2.05, 4.69) is 10.4 Å². The van der Waals surface area contributed by atoms with Gasteiger partial charge >= 0.3 is 0 Å². The molecule has 0 saturated heterocycles. The van der Waals surface area contributed by atoms with E-state index in [-0.39, 0.29) is 5.82 Å². The van der Waals surface area contributed by atoms with Gasteiger partial charge in [0.1, 0.15) is 11.6 Å². The first-order valence-electron chi connectivity index (χ1n) is 6.01. The zero-order valence-electron chi connectivity index (χ0n) is 10.4. The number of hydrogen-bond acceptors (Lipinski definition) is 3. The summed E-state index contributed by atoms with van der Waals surface area (Å²) < 4.78 is 14.0. The highest BCUT2D eigenvalue weighted by molar-refractivity contribution is 6.31. The van der Waals surface area contributed by atoms with Crippen LogP contribution in [0, 0.1) is 5.82 Å². The van der Waals surface area contributed by atoms with Crippen molar-refractivity contribution in [1.29, 1.82) is 0 Å². The number of halogens is 2. The van der Waals surface area contributed by atoms with Crippen molar-refractivity contribution < 1.29 is 4.39 Å². The maximum Gasteiger partial charge on any atom is 0.141 e. The molecule has 20 heavy (non-hydrogen) atoms. The van der Waals surface area contributed by atoms with Crippen LogP contribution in [-0.2, 0) is 0 Å². The molecule has 0 atom stereocenters. The lowest BCUT2D eigenvalue weighted by molar-refractivity contribution is 0.631. The Morgan fingerprint density at radius 1 is 1.05 bits per heavy atom. The van der Waals surface area contributed by atoms with Crippen molar-refractivity contribution in [2.75, 3.05) is 5.43 Å². The Balaban J connectivity index is 2.38. The number of hydrogen-bond donors (Lipinski definition) is 2. The van der Waals surface area contributed by atoms with Crippen LogP contribution in [0.25, 0.3) is 22.0 Å². The van der Waals surface area contributed by atoms with Gasteiger partial charge in [-0.1, -0.05) is 29.8 Å². The first-order chi connectivity index (χ1) is 9.69. The number of fused-ring (bicyclic) bond motifs is 1. The molecular formula is C15H11ClFN3. The molecule has 2 aromatic carbocycles. The predicted molar refractivity (Wildman–Crippen MR) is 80.0 cm³/mol. The maximum absolute atomic E-state index is 14.0. The quantitative estimate of drug-likeness (QED) is 0.554. The van der Waals surface area contributed by atoms with Crippen LogP contribution in [0.15, 0.2) is 48.5 Å². The van der Waals surface area contributed by atoms with Crippen LogP contribution >= 0.6 is 11.6 Å². The van der Waals surface area contributed by atoms with Gasteiger partial charge in [0, 0.05) is 16.0 Å². The summed E-state index contributed by atoms with van der Waals surface area (Å²) in [5, 5.41) is 1.35. The average molecular weight is 288 g/mol. The van der Waals surface area contributed by atoms with Gasteiger partial charge in [0.15, 0.2) is 0 Å². The van der Waals surface area contributed by atoms with Crippen molar-refractivity contribution in [3.8, 4) is 11.1 Å². The third-order valence-electron chi connectivity index (χ3n) is 3.08. The minimum absolute atomic E-state index is 0.303. The zero-order valence-corrected chi connectivity index (χ0v) is 11.2. The maximum atomic E-state index is 14.0. The molecule has 3 rings (SSSR count). The summed E-state index contributed by atoms with van der Waals surface area (Å²) in [4.78, 5) is 4.33. The van der Waals surface area contributed by atoms with Gasteiger partial charge in [-0.05, 0) is 35.9 Å². The zero-order chi connectivity index (χ0) is 14.1. The topological polar surface area (TPSA) is 50.9 Å². The Morgan fingerprint density at radius 2 is 1.85 bits per heavy atom. The minimum Gasteiger partial charge on any atom is -0.308 e. The van der Waals surface area contributed by atoms with E-state index in [4.69, 9.17) is 17.4 Å². The summed E-state index contributed by atoms with van der Waals surface area (Å²) in [5.41, 5.74) is 4.38. The number of nitrogens with two attached hydrogens (primary N) is 1. The molecule has 0 radical (unpaired) electrons. The number of nitrogens with one attached hydrogen (secondary N) is 1. The van der Waals surface area contributed by atoms with E-state index < -0.39 is 0 Å². The third kappa shape index (κ3) is 2.19. The van der Waals surface area contributed by atoms with Gasteiger partial charge in [0.25, 0.3) is 0 Å². The standard InChI is InChI=1S/C15H11ClFN3/c16-9-5-6-14-12(7-9)11(8-15(19-14)20-18)10-3-1-2-4-13(10)17/h1-8H,18H2,(H,19,20). The number of anilines is 1. The molecule has 100 valence electrons. The average Bonchev–Trinajstić information content (AvgIpc) is 2.47. The number of aromatic nitrogens is 1. The van der Waals surface area contributed by atoms with Crippen LogP contribution in [0.1, 0.15) is 0 Å². The molecular weight excluding hydrogens is 277 g/mol. The summed E-state index contributed by atoms with van der Waals surface area (Å²) in [6, 6.07) is 13.6. The summed E-state index contributed by atoms with van der Waals surface area (Å²) in [6.45, 7) is 0. The van der Waals surface area contributed by atoms with Crippen LogP contribution in [0.2, 0.25) is 5.02 Å². The van der Waals surface area contributed by atoms with Crippen molar-refractivity contribution in [1.82, 2.24) is 4.98 Å². The summed E-state index contributed by atoms with van der Waals surface area (Å²) in [6.07, 6.45) is 0. The molecule has 0 fully saturated rings. The van der Waals surface area contributed by atoms with Gasteiger partial charge in [0.2, 0.25) is 0 Å². The lowest BCUT2D eigenvalue weighted by atomic mass is 10.0. The van der Waals surface area contributed by atoms with Crippen molar-refractivity contribution in [3.05, 3.63) is 59.4 Å². The molecule has 3 aromatic rings. The highest BCUT2D eigenvalue weighted by Crippen LogP contribution is 2.33. The summed E-state index contributed by atoms with van der Waals surface area (Å²) >= 11 is 6.03. The van der Waals surface area contributed by atoms with Gasteiger partial charge in [-0.2, -0.15) is 0 Å². The molecule has 0 unspecified atom stereocenters. The smallest absolute Gasteiger partial charge is 0.141 e. The second kappa shape index (κ2) is 5.07. The fraction of sp³-hybridized carbons (Fsp3) is 0. The Morgan fingerprint density at radius 3 is 2.60 bits per heavy atom. The molecule has 3 nitrogen and oxygen atoms in total. The first-order valence-corrected chi connectivity index (χ1v) is 6.38. The Bertz CT molecular complexity index is 789. The molecule has 1 heterocycles. The fourth-order valence-corrected chi connectivity index (χ4v) is 2.35. The Kier molecular flexibility index (Phi) is 3.26. The molecule has 3 N–H and O–H groups in total. The van der Waals surface area contributed by atoms with Gasteiger partial charge in [-0.25, -0.2) is 15.2 Å². The second-order valence-electron chi connectivity index (χ2n) is 4.34. The van der Waals surface area contributed by atoms with Crippen LogP contribution in [-0.4, -0.2) is 4.98 Å². The molecule has 0 saturated carbocycles. The van der Waals surface area contributed by atoms with Crippen LogP contribution in [0.5, 0.6) is 0 Å². The van der Waals surface area contributed by atoms with E-state index in [9.17, 15) is 4.39 Å². The highest BCUT2D eigenvalue weighted by Gasteiger charge is 2.11. The van der Waals surface area contributed by atoms with Crippen molar-refractivity contribution in [3.63, 3.8) is 0 Å². The highest BCUT2D eigenvalue weighted by atomic mass is 35.5. The van der Waals surface area contributed by atoms with Gasteiger partial charge in [-0.3, -0.25) is 0 Å². The third-order valence-corrected chi connectivity index (χ3v) is 3.32. The normalized spacial score (nSPS) is 10.8. The minimum atomic E-state index is -0.303. The SMILES string of the molecule is NNc1cc(-c2ccccc2F)c2cc(Cl)ccc2n1. The number of benzene rings is 2. The predicted octanol–water partition coefficient (Wildman–Crippen LogP) is 3.98. The first kappa shape index (κ1) is 12.8. The molecule has 0 bridgehead atoms. The largest absolute Gasteiger partial charge is 0.308 e. The second-order valence-corrected chi connectivity index (χ2v) is 4.78. The van der Waals surface area contributed by atoms with E-state index in [1.807, 2.05) is 0 Å². The molecule has 5 heteroatoms. The van der Waals surface area contributed by atoms with Crippen LogP contribution < -0.4 is 11.3 Å². The molecule has 0 spiro atoms. The van der Waals surface area contributed by atoms with Crippen LogP contribution in [0.4, 0.5) is 10.2 Å². The van der Waals surface area contributed by atoms with E-state index in [0.717, 1.165) is 5.39 Å². The Hall–Kier alpha value is -2.17. The van der Waals surface area contributed by atoms with E-state index in [0.29, 0.717) is 27.5 Å². The monoisotopic (exact) mass is 287 g/mol. The van der Waals surface area contributed by atoms with Crippen molar-refractivity contribution in [2.24, 2.45) is 5.84 Å². The molecule has 1 aromatic heterocycles. The van der Waals surface area contributed by atoms with Crippen LogP contribution in [0.3, 0.4) is 0 Å². The number of rotatable bonds is 2. The molecule has 0 aliphatic carbocycles. The summed E-state index contributed by atoms with van der Waals surface area (Å²) in [5.74, 6) is 5.59. The van der Waals surface area contributed by atoms with E-state index in [1.54, 1.807) is 42.5 Å². The fourth-order valence-electron chi connectivity index (χ4n) is 2.17.